The van der Waals surface area contributed by atoms with Crippen molar-refractivity contribution in [2.45, 2.75) is 13.3 Å². The Balaban J connectivity index is 3.09. The summed E-state index contributed by atoms with van der Waals surface area (Å²) in [5, 5.41) is 17.8. The van der Waals surface area contributed by atoms with Crippen molar-refractivity contribution in [1.29, 1.82) is 5.26 Å². The highest BCUT2D eigenvalue weighted by molar-refractivity contribution is 9.10. The average molecular weight is 298 g/mol. The molecule has 0 aliphatic rings. The van der Waals surface area contributed by atoms with Crippen molar-refractivity contribution < 1.29 is 9.90 Å². The van der Waals surface area contributed by atoms with E-state index < -0.39 is 5.97 Å². The van der Waals surface area contributed by atoms with Crippen LogP contribution >= 0.6 is 15.9 Å². The molecule has 0 spiro atoms. The van der Waals surface area contributed by atoms with E-state index in [1.54, 1.807) is 17.2 Å². The number of carboxylic acids is 1. The molecule has 0 aliphatic heterocycles. The van der Waals surface area contributed by atoms with E-state index in [4.69, 9.17) is 10.4 Å². The van der Waals surface area contributed by atoms with Crippen molar-refractivity contribution in [3.8, 4) is 6.07 Å². The van der Waals surface area contributed by atoms with E-state index in [9.17, 15) is 4.79 Å². The molecular formula is C11H12BrN3O2. The lowest BCUT2D eigenvalue weighted by molar-refractivity contribution is -0.135. The number of hydrogen-bond donors (Lipinski definition) is 1. The summed E-state index contributed by atoms with van der Waals surface area (Å²) in [6.45, 7) is 2.34. The zero-order valence-electron chi connectivity index (χ0n) is 9.35. The van der Waals surface area contributed by atoms with Crippen LogP contribution < -0.4 is 4.90 Å². The largest absolute Gasteiger partial charge is 0.480 e. The van der Waals surface area contributed by atoms with Crippen LogP contribution in [0.2, 0.25) is 0 Å². The van der Waals surface area contributed by atoms with E-state index >= 15 is 0 Å². The number of hydrogen-bond acceptors (Lipinski definition) is 4. The van der Waals surface area contributed by atoms with Crippen LogP contribution in [0, 0.1) is 11.3 Å². The molecule has 0 amide bonds. The van der Waals surface area contributed by atoms with Crippen molar-refractivity contribution in [2.24, 2.45) is 0 Å². The van der Waals surface area contributed by atoms with Crippen molar-refractivity contribution in [2.75, 3.05) is 18.0 Å². The summed E-state index contributed by atoms with van der Waals surface area (Å²) in [6, 6.07) is 3.65. The third-order valence-electron chi connectivity index (χ3n) is 2.07. The second-order valence-corrected chi connectivity index (χ2v) is 4.37. The fourth-order valence-corrected chi connectivity index (χ4v) is 1.79. The molecule has 0 saturated heterocycles. The third kappa shape index (κ3) is 3.71. The first kappa shape index (κ1) is 13.5. The van der Waals surface area contributed by atoms with E-state index in [1.807, 2.05) is 13.0 Å². The van der Waals surface area contributed by atoms with E-state index in [0.29, 0.717) is 22.4 Å². The molecule has 1 aromatic heterocycles. The van der Waals surface area contributed by atoms with Crippen LogP contribution in [0.15, 0.2) is 16.7 Å². The maximum absolute atomic E-state index is 10.8. The molecule has 1 aromatic rings. The molecule has 0 bridgehead atoms. The standard InChI is InChI=1S/C11H12BrN3O2/c1-2-3-15(7-10(16)17)11-8(5-13)4-9(12)6-14-11/h4,6H,2-3,7H2,1H3,(H,16,17). The number of pyridine rings is 1. The van der Waals surface area contributed by atoms with Crippen molar-refractivity contribution in [3.05, 3.63) is 22.3 Å². The summed E-state index contributed by atoms with van der Waals surface area (Å²) in [7, 11) is 0. The number of nitrogens with zero attached hydrogens (tertiary/aromatic N) is 3. The number of nitriles is 1. The van der Waals surface area contributed by atoms with Gasteiger partial charge in [0.1, 0.15) is 18.4 Å². The van der Waals surface area contributed by atoms with Crippen LogP contribution in [0.5, 0.6) is 0 Å². The molecule has 0 radical (unpaired) electrons. The number of carbonyl (C=O) groups is 1. The van der Waals surface area contributed by atoms with Gasteiger partial charge in [0.25, 0.3) is 0 Å². The average Bonchev–Trinajstić information content (AvgIpc) is 2.27. The third-order valence-corrected chi connectivity index (χ3v) is 2.51. The zero-order chi connectivity index (χ0) is 12.8. The molecule has 90 valence electrons. The number of rotatable bonds is 5. The maximum atomic E-state index is 10.8. The summed E-state index contributed by atoms with van der Waals surface area (Å²) in [5.41, 5.74) is 0.370. The molecule has 17 heavy (non-hydrogen) atoms. The van der Waals surface area contributed by atoms with Crippen LogP contribution in [-0.2, 0) is 4.79 Å². The van der Waals surface area contributed by atoms with E-state index in [1.165, 1.54) is 0 Å². The molecule has 0 unspecified atom stereocenters. The summed E-state index contributed by atoms with van der Waals surface area (Å²) < 4.78 is 0.699. The van der Waals surface area contributed by atoms with Gasteiger partial charge >= 0.3 is 5.97 Å². The number of carboxylic acid groups (broad SMARTS) is 1. The summed E-state index contributed by atoms with van der Waals surface area (Å²) in [6.07, 6.45) is 2.34. The zero-order valence-corrected chi connectivity index (χ0v) is 10.9. The van der Waals surface area contributed by atoms with Crippen LogP contribution in [-0.4, -0.2) is 29.1 Å². The topological polar surface area (TPSA) is 77.2 Å². The molecule has 0 atom stereocenters. The van der Waals surface area contributed by atoms with Gasteiger partial charge in [-0.05, 0) is 28.4 Å². The van der Waals surface area contributed by atoms with E-state index in [2.05, 4.69) is 20.9 Å². The second kappa shape index (κ2) is 6.21. The minimum absolute atomic E-state index is 0.156. The van der Waals surface area contributed by atoms with Gasteiger partial charge in [-0.25, -0.2) is 4.98 Å². The Bertz CT molecular complexity index is 457. The van der Waals surface area contributed by atoms with Crippen LogP contribution in [0.3, 0.4) is 0 Å². The molecule has 0 fully saturated rings. The molecule has 0 saturated carbocycles. The van der Waals surface area contributed by atoms with Gasteiger partial charge in [-0.15, -0.1) is 0 Å². The molecule has 5 nitrogen and oxygen atoms in total. The van der Waals surface area contributed by atoms with Gasteiger partial charge in [-0.2, -0.15) is 5.26 Å². The summed E-state index contributed by atoms with van der Waals surface area (Å²) in [5.74, 6) is -0.521. The molecule has 0 aromatic carbocycles. The predicted molar refractivity (Wildman–Crippen MR) is 66.8 cm³/mol. The summed E-state index contributed by atoms with van der Waals surface area (Å²) >= 11 is 3.23. The number of halogens is 1. The smallest absolute Gasteiger partial charge is 0.323 e. The van der Waals surface area contributed by atoms with Gasteiger partial charge in [-0.3, -0.25) is 4.79 Å². The first-order valence-electron chi connectivity index (χ1n) is 5.10. The number of anilines is 1. The molecule has 0 aliphatic carbocycles. The second-order valence-electron chi connectivity index (χ2n) is 3.45. The molecule has 6 heteroatoms. The van der Waals surface area contributed by atoms with Gasteiger partial charge in [-0.1, -0.05) is 6.92 Å². The predicted octanol–water partition coefficient (Wildman–Crippen LogP) is 2.02. The maximum Gasteiger partial charge on any atom is 0.323 e. The molecule has 1 rings (SSSR count). The SMILES string of the molecule is CCCN(CC(=O)O)c1ncc(Br)cc1C#N. The van der Waals surface area contributed by atoms with Gasteiger partial charge in [0.15, 0.2) is 0 Å². The lowest BCUT2D eigenvalue weighted by Crippen LogP contribution is -2.31. The van der Waals surface area contributed by atoms with Gasteiger partial charge < -0.3 is 10.0 Å². The number of aliphatic carboxylic acids is 1. The molecule has 1 N–H and O–H groups in total. The first-order chi connectivity index (χ1) is 8.08. The van der Waals surface area contributed by atoms with E-state index in [0.717, 1.165) is 6.42 Å². The fourth-order valence-electron chi connectivity index (χ4n) is 1.46. The molecular weight excluding hydrogens is 286 g/mol. The minimum atomic E-state index is -0.938. The normalized spacial score (nSPS) is 9.71. The van der Waals surface area contributed by atoms with Crippen molar-refractivity contribution >= 4 is 27.7 Å². The Labute approximate surface area is 108 Å². The Kier molecular flexibility index (Phi) is 4.91. The molecule has 1 heterocycles. The van der Waals surface area contributed by atoms with Crippen molar-refractivity contribution in [3.63, 3.8) is 0 Å². The number of aromatic nitrogens is 1. The van der Waals surface area contributed by atoms with Crippen LogP contribution in [0.1, 0.15) is 18.9 Å². The fraction of sp³-hybridized carbons (Fsp3) is 0.364. The Morgan fingerprint density at radius 1 is 1.71 bits per heavy atom. The lowest BCUT2D eigenvalue weighted by atomic mass is 10.2. The Morgan fingerprint density at radius 2 is 2.41 bits per heavy atom. The highest BCUT2D eigenvalue weighted by Crippen LogP contribution is 2.20. The first-order valence-corrected chi connectivity index (χ1v) is 5.90. The minimum Gasteiger partial charge on any atom is -0.480 e. The van der Waals surface area contributed by atoms with Gasteiger partial charge in [0, 0.05) is 17.2 Å². The van der Waals surface area contributed by atoms with Gasteiger partial charge in [0.05, 0.1) is 5.56 Å². The van der Waals surface area contributed by atoms with Gasteiger partial charge in [0.2, 0.25) is 0 Å². The monoisotopic (exact) mass is 297 g/mol. The Morgan fingerprint density at radius 3 is 2.94 bits per heavy atom. The van der Waals surface area contributed by atoms with E-state index in [-0.39, 0.29) is 6.54 Å². The highest BCUT2D eigenvalue weighted by atomic mass is 79.9. The quantitative estimate of drug-likeness (QED) is 0.899. The highest BCUT2D eigenvalue weighted by Gasteiger charge is 2.15. The van der Waals surface area contributed by atoms with Crippen LogP contribution in [0.4, 0.5) is 5.82 Å². The van der Waals surface area contributed by atoms with Crippen molar-refractivity contribution in [1.82, 2.24) is 4.98 Å². The van der Waals surface area contributed by atoms with Crippen LogP contribution in [0.25, 0.3) is 0 Å². The Hall–Kier alpha value is -1.61. The lowest BCUT2D eigenvalue weighted by Gasteiger charge is -2.21. The summed E-state index contributed by atoms with van der Waals surface area (Å²) in [4.78, 5) is 16.5.